The summed E-state index contributed by atoms with van der Waals surface area (Å²) in [5, 5.41) is 0. The average molecular weight is 202 g/mol. The summed E-state index contributed by atoms with van der Waals surface area (Å²) in [6, 6.07) is 7.80. The summed E-state index contributed by atoms with van der Waals surface area (Å²) in [5.74, 6) is 0.981. The first-order valence-electron chi connectivity index (χ1n) is 5.04. The fraction of sp³-hybridized carbons (Fsp3) is 0.250. The summed E-state index contributed by atoms with van der Waals surface area (Å²) in [6.07, 6.45) is 6.99. The SMILES string of the molecule is NC(CCc1ccco1)c1cccnc1. The molecule has 78 valence electrons. The molecule has 1 atom stereocenters. The van der Waals surface area contributed by atoms with Crippen LogP contribution in [0.15, 0.2) is 47.3 Å². The second kappa shape index (κ2) is 4.75. The van der Waals surface area contributed by atoms with Gasteiger partial charge in [-0.2, -0.15) is 0 Å². The highest BCUT2D eigenvalue weighted by Gasteiger charge is 2.06. The van der Waals surface area contributed by atoms with Gasteiger partial charge in [0.05, 0.1) is 6.26 Å². The fourth-order valence-electron chi connectivity index (χ4n) is 1.51. The molecule has 0 fully saturated rings. The van der Waals surface area contributed by atoms with Crippen LogP contribution in [0.25, 0.3) is 0 Å². The Hall–Kier alpha value is -1.61. The van der Waals surface area contributed by atoms with Crippen LogP contribution < -0.4 is 5.73 Å². The zero-order chi connectivity index (χ0) is 10.5. The lowest BCUT2D eigenvalue weighted by Crippen LogP contribution is -2.11. The highest BCUT2D eigenvalue weighted by molar-refractivity contribution is 5.13. The lowest BCUT2D eigenvalue weighted by Gasteiger charge is -2.09. The second-order valence-electron chi connectivity index (χ2n) is 3.51. The van der Waals surface area contributed by atoms with Crippen LogP contribution in [0.3, 0.4) is 0 Å². The summed E-state index contributed by atoms with van der Waals surface area (Å²) in [4.78, 5) is 4.05. The van der Waals surface area contributed by atoms with Crippen LogP contribution in [-0.4, -0.2) is 4.98 Å². The van der Waals surface area contributed by atoms with Gasteiger partial charge in [-0.25, -0.2) is 0 Å². The van der Waals surface area contributed by atoms with E-state index in [1.807, 2.05) is 30.5 Å². The molecule has 0 bridgehead atoms. The third-order valence-electron chi connectivity index (χ3n) is 2.39. The zero-order valence-corrected chi connectivity index (χ0v) is 8.47. The molecule has 0 amide bonds. The topological polar surface area (TPSA) is 52.0 Å². The van der Waals surface area contributed by atoms with Gasteiger partial charge in [0.25, 0.3) is 0 Å². The Morgan fingerprint density at radius 1 is 1.33 bits per heavy atom. The molecule has 0 aliphatic rings. The Kier molecular flexibility index (Phi) is 3.15. The minimum absolute atomic E-state index is 0.0313. The molecule has 2 heterocycles. The molecule has 0 spiro atoms. The van der Waals surface area contributed by atoms with E-state index in [2.05, 4.69) is 4.98 Å². The Morgan fingerprint density at radius 3 is 2.93 bits per heavy atom. The number of rotatable bonds is 4. The molecule has 0 radical (unpaired) electrons. The normalized spacial score (nSPS) is 12.6. The Labute approximate surface area is 88.9 Å². The fourth-order valence-corrected chi connectivity index (χ4v) is 1.51. The number of hydrogen-bond acceptors (Lipinski definition) is 3. The lowest BCUT2D eigenvalue weighted by atomic mass is 10.0. The quantitative estimate of drug-likeness (QED) is 0.827. The molecule has 2 N–H and O–H groups in total. The first-order chi connectivity index (χ1) is 7.36. The van der Waals surface area contributed by atoms with Gasteiger partial charge in [-0.15, -0.1) is 0 Å². The van der Waals surface area contributed by atoms with Gasteiger partial charge < -0.3 is 10.2 Å². The van der Waals surface area contributed by atoms with Crippen molar-refractivity contribution < 1.29 is 4.42 Å². The standard InChI is InChI=1S/C12H14N2O/c13-12(10-3-1-7-14-9-10)6-5-11-4-2-8-15-11/h1-4,7-9,12H,5-6,13H2. The summed E-state index contributed by atoms with van der Waals surface area (Å²) < 4.78 is 5.25. The van der Waals surface area contributed by atoms with Crippen molar-refractivity contribution in [2.24, 2.45) is 5.73 Å². The largest absolute Gasteiger partial charge is 0.469 e. The lowest BCUT2D eigenvalue weighted by molar-refractivity contribution is 0.488. The monoisotopic (exact) mass is 202 g/mol. The number of furan rings is 1. The van der Waals surface area contributed by atoms with Crippen molar-refractivity contribution in [1.82, 2.24) is 4.98 Å². The van der Waals surface area contributed by atoms with E-state index in [1.165, 1.54) is 0 Å². The summed E-state index contributed by atoms with van der Waals surface area (Å²) in [7, 11) is 0. The van der Waals surface area contributed by atoms with E-state index in [-0.39, 0.29) is 6.04 Å². The Morgan fingerprint density at radius 2 is 2.27 bits per heavy atom. The van der Waals surface area contributed by atoms with Crippen LogP contribution in [0.2, 0.25) is 0 Å². The third kappa shape index (κ3) is 2.67. The first kappa shape index (κ1) is 9.93. The van der Waals surface area contributed by atoms with Gasteiger partial charge in [0.2, 0.25) is 0 Å². The van der Waals surface area contributed by atoms with E-state index >= 15 is 0 Å². The smallest absolute Gasteiger partial charge is 0.103 e. The number of nitrogens with two attached hydrogens (primary N) is 1. The van der Waals surface area contributed by atoms with Crippen LogP contribution in [0.5, 0.6) is 0 Å². The molecule has 1 unspecified atom stereocenters. The van der Waals surface area contributed by atoms with Crippen LogP contribution in [0.1, 0.15) is 23.8 Å². The summed E-state index contributed by atoms with van der Waals surface area (Å²) >= 11 is 0. The molecule has 15 heavy (non-hydrogen) atoms. The van der Waals surface area contributed by atoms with Crippen molar-refractivity contribution in [2.45, 2.75) is 18.9 Å². The molecule has 0 aliphatic carbocycles. The molecule has 0 aliphatic heterocycles. The third-order valence-corrected chi connectivity index (χ3v) is 2.39. The van der Waals surface area contributed by atoms with Gasteiger partial charge in [-0.05, 0) is 30.2 Å². The molecule has 2 aromatic rings. The number of aryl methyl sites for hydroxylation is 1. The van der Waals surface area contributed by atoms with E-state index in [1.54, 1.807) is 12.5 Å². The maximum Gasteiger partial charge on any atom is 0.103 e. The van der Waals surface area contributed by atoms with Gasteiger partial charge in [0.1, 0.15) is 5.76 Å². The van der Waals surface area contributed by atoms with Gasteiger partial charge in [-0.3, -0.25) is 4.98 Å². The van der Waals surface area contributed by atoms with Crippen LogP contribution in [0.4, 0.5) is 0 Å². The number of pyridine rings is 1. The minimum Gasteiger partial charge on any atom is -0.469 e. The number of hydrogen-bond donors (Lipinski definition) is 1. The summed E-state index contributed by atoms with van der Waals surface area (Å²) in [6.45, 7) is 0. The highest BCUT2D eigenvalue weighted by Crippen LogP contribution is 2.15. The van der Waals surface area contributed by atoms with Crippen LogP contribution in [-0.2, 0) is 6.42 Å². The van der Waals surface area contributed by atoms with Gasteiger partial charge in [0, 0.05) is 24.9 Å². The second-order valence-corrected chi connectivity index (χ2v) is 3.51. The van der Waals surface area contributed by atoms with Gasteiger partial charge >= 0.3 is 0 Å². The summed E-state index contributed by atoms with van der Waals surface area (Å²) in [5.41, 5.74) is 7.10. The highest BCUT2D eigenvalue weighted by atomic mass is 16.3. The molecular weight excluding hydrogens is 188 g/mol. The predicted octanol–water partition coefficient (Wildman–Crippen LogP) is 2.31. The van der Waals surface area contributed by atoms with E-state index in [0.29, 0.717) is 0 Å². The van der Waals surface area contributed by atoms with E-state index in [4.69, 9.17) is 10.2 Å². The Balaban J connectivity index is 1.90. The van der Waals surface area contributed by atoms with Gasteiger partial charge in [0.15, 0.2) is 0 Å². The van der Waals surface area contributed by atoms with E-state index in [0.717, 1.165) is 24.2 Å². The van der Waals surface area contributed by atoms with Crippen molar-refractivity contribution in [1.29, 1.82) is 0 Å². The maximum atomic E-state index is 6.03. The molecule has 2 rings (SSSR count). The van der Waals surface area contributed by atoms with Crippen molar-refractivity contribution in [3.05, 3.63) is 54.2 Å². The van der Waals surface area contributed by atoms with E-state index in [9.17, 15) is 0 Å². The van der Waals surface area contributed by atoms with Crippen LogP contribution >= 0.6 is 0 Å². The molecule has 0 saturated heterocycles. The number of aromatic nitrogens is 1. The molecule has 3 heteroatoms. The van der Waals surface area contributed by atoms with Crippen LogP contribution in [0, 0.1) is 0 Å². The average Bonchev–Trinajstić information content (AvgIpc) is 2.80. The van der Waals surface area contributed by atoms with Crippen molar-refractivity contribution in [2.75, 3.05) is 0 Å². The molecule has 0 aromatic carbocycles. The molecule has 0 saturated carbocycles. The minimum atomic E-state index is 0.0313. The molecule has 2 aromatic heterocycles. The molecular formula is C12H14N2O. The first-order valence-corrected chi connectivity index (χ1v) is 5.04. The van der Waals surface area contributed by atoms with Crippen molar-refractivity contribution in [3.8, 4) is 0 Å². The molecule has 3 nitrogen and oxygen atoms in total. The van der Waals surface area contributed by atoms with Crippen molar-refractivity contribution in [3.63, 3.8) is 0 Å². The van der Waals surface area contributed by atoms with Gasteiger partial charge in [-0.1, -0.05) is 6.07 Å². The maximum absolute atomic E-state index is 6.03. The predicted molar refractivity (Wildman–Crippen MR) is 58.2 cm³/mol. The van der Waals surface area contributed by atoms with Crippen molar-refractivity contribution >= 4 is 0 Å². The Bertz CT molecular complexity index is 383. The van der Waals surface area contributed by atoms with E-state index < -0.39 is 0 Å². The zero-order valence-electron chi connectivity index (χ0n) is 8.47. The number of nitrogens with zero attached hydrogens (tertiary/aromatic N) is 1.